The van der Waals surface area contributed by atoms with Crippen LogP contribution in [-0.2, 0) is 13.0 Å². The second-order valence-corrected chi connectivity index (χ2v) is 5.03. The van der Waals surface area contributed by atoms with Crippen LogP contribution in [0.4, 0.5) is 4.39 Å². The van der Waals surface area contributed by atoms with E-state index >= 15 is 0 Å². The number of fused-ring (bicyclic) bond motifs is 1. The molecule has 0 bridgehead atoms. The van der Waals surface area contributed by atoms with Crippen molar-refractivity contribution in [2.45, 2.75) is 19.9 Å². The number of carbonyl (C=O) groups excluding carboxylic acids is 1. The molecule has 2 heterocycles. The number of aromatic amines is 1. The van der Waals surface area contributed by atoms with E-state index in [0.717, 1.165) is 0 Å². The van der Waals surface area contributed by atoms with E-state index in [2.05, 4.69) is 9.97 Å². The minimum atomic E-state index is -0.552. The molecule has 5 nitrogen and oxygen atoms in total. The minimum Gasteiger partial charge on any atom is -0.334 e. The topological polar surface area (TPSA) is 66.1 Å². The SMILES string of the molecule is Cc1nc2c(c(=O)[nH]1)CN(C(=O)c1ccccc1F)CC2. The number of rotatable bonds is 1. The molecular weight excluding hydrogens is 273 g/mol. The molecule has 0 atom stereocenters. The summed E-state index contributed by atoms with van der Waals surface area (Å²) in [6.07, 6.45) is 0.500. The predicted octanol–water partition coefficient (Wildman–Crippen LogP) is 1.42. The Hall–Kier alpha value is -2.50. The maximum Gasteiger partial charge on any atom is 0.257 e. The van der Waals surface area contributed by atoms with Gasteiger partial charge in [-0.2, -0.15) is 0 Å². The highest BCUT2D eigenvalue weighted by molar-refractivity contribution is 5.94. The zero-order chi connectivity index (χ0) is 15.0. The van der Waals surface area contributed by atoms with E-state index in [-0.39, 0.29) is 17.7 Å². The maximum absolute atomic E-state index is 13.7. The minimum absolute atomic E-state index is 0.0254. The Morgan fingerprint density at radius 1 is 1.38 bits per heavy atom. The Morgan fingerprint density at radius 3 is 2.90 bits per heavy atom. The number of amides is 1. The fourth-order valence-electron chi connectivity index (χ4n) is 2.53. The van der Waals surface area contributed by atoms with E-state index in [1.54, 1.807) is 13.0 Å². The molecule has 1 amide bonds. The number of hydrogen-bond donors (Lipinski definition) is 1. The Labute approximate surface area is 120 Å². The zero-order valence-electron chi connectivity index (χ0n) is 11.5. The molecule has 6 heteroatoms. The van der Waals surface area contributed by atoms with Crippen molar-refractivity contribution in [3.63, 3.8) is 0 Å². The van der Waals surface area contributed by atoms with Gasteiger partial charge >= 0.3 is 0 Å². The normalized spacial score (nSPS) is 13.9. The number of aryl methyl sites for hydroxylation is 1. The highest BCUT2D eigenvalue weighted by atomic mass is 19.1. The fourth-order valence-corrected chi connectivity index (χ4v) is 2.53. The van der Waals surface area contributed by atoms with Crippen LogP contribution in [0.25, 0.3) is 0 Å². The van der Waals surface area contributed by atoms with Gasteiger partial charge in [-0.15, -0.1) is 0 Å². The highest BCUT2D eigenvalue weighted by Gasteiger charge is 2.26. The molecular formula is C15H14FN3O2. The quantitative estimate of drug-likeness (QED) is 0.862. The Balaban J connectivity index is 1.92. The lowest BCUT2D eigenvalue weighted by molar-refractivity contribution is 0.0728. The van der Waals surface area contributed by atoms with Crippen LogP contribution in [0.15, 0.2) is 29.1 Å². The number of aromatic nitrogens is 2. The van der Waals surface area contributed by atoms with Crippen LogP contribution in [0.5, 0.6) is 0 Å². The molecule has 0 unspecified atom stereocenters. The summed E-state index contributed by atoms with van der Waals surface area (Å²) in [4.78, 5) is 32.7. The molecule has 3 rings (SSSR count). The van der Waals surface area contributed by atoms with E-state index < -0.39 is 11.7 Å². The standard InChI is InChI=1S/C15H14FN3O2/c1-9-17-13-6-7-19(8-11(13)14(20)18-9)15(21)10-4-2-3-5-12(10)16/h2-5H,6-8H2,1H3,(H,17,18,20). The monoisotopic (exact) mass is 287 g/mol. The molecule has 1 aromatic carbocycles. The molecule has 1 aliphatic heterocycles. The number of benzene rings is 1. The molecule has 1 aromatic heterocycles. The number of hydrogen-bond acceptors (Lipinski definition) is 3. The van der Waals surface area contributed by atoms with Crippen LogP contribution in [0.1, 0.15) is 27.4 Å². The van der Waals surface area contributed by atoms with Crippen molar-refractivity contribution in [3.05, 3.63) is 63.1 Å². The first-order valence-electron chi connectivity index (χ1n) is 6.68. The molecule has 0 saturated heterocycles. The van der Waals surface area contributed by atoms with Crippen molar-refractivity contribution in [2.75, 3.05) is 6.54 Å². The largest absolute Gasteiger partial charge is 0.334 e. The van der Waals surface area contributed by atoms with Crippen molar-refractivity contribution in [2.24, 2.45) is 0 Å². The summed E-state index contributed by atoms with van der Waals surface area (Å²) in [5, 5.41) is 0. The summed E-state index contributed by atoms with van der Waals surface area (Å²) in [5.41, 5.74) is 0.992. The molecule has 0 radical (unpaired) electrons. The van der Waals surface area contributed by atoms with Crippen molar-refractivity contribution in [1.82, 2.24) is 14.9 Å². The van der Waals surface area contributed by atoms with E-state index in [1.807, 2.05) is 0 Å². The number of carbonyl (C=O) groups is 1. The van der Waals surface area contributed by atoms with Crippen LogP contribution in [0.3, 0.4) is 0 Å². The molecule has 0 fully saturated rings. The van der Waals surface area contributed by atoms with Crippen LogP contribution >= 0.6 is 0 Å². The lowest BCUT2D eigenvalue weighted by Crippen LogP contribution is -2.40. The number of halogens is 1. The number of H-pyrrole nitrogens is 1. The van der Waals surface area contributed by atoms with Gasteiger partial charge in [0.2, 0.25) is 0 Å². The van der Waals surface area contributed by atoms with E-state index in [9.17, 15) is 14.0 Å². The van der Waals surface area contributed by atoms with Gasteiger partial charge < -0.3 is 9.88 Å². The summed E-state index contributed by atoms with van der Waals surface area (Å²) in [6, 6.07) is 5.86. The van der Waals surface area contributed by atoms with E-state index in [4.69, 9.17) is 0 Å². The third-order valence-electron chi connectivity index (χ3n) is 3.58. The first-order valence-corrected chi connectivity index (χ1v) is 6.68. The predicted molar refractivity (Wildman–Crippen MR) is 74.4 cm³/mol. The van der Waals surface area contributed by atoms with Crippen LogP contribution in [0.2, 0.25) is 0 Å². The van der Waals surface area contributed by atoms with Gasteiger partial charge in [0.05, 0.1) is 23.4 Å². The van der Waals surface area contributed by atoms with Gasteiger partial charge in [-0.25, -0.2) is 9.37 Å². The molecule has 108 valence electrons. The molecule has 0 spiro atoms. The molecule has 1 N–H and O–H groups in total. The average Bonchev–Trinajstić information content (AvgIpc) is 2.46. The van der Waals surface area contributed by atoms with Crippen molar-refractivity contribution < 1.29 is 9.18 Å². The van der Waals surface area contributed by atoms with Gasteiger partial charge in [0.25, 0.3) is 11.5 Å². The summed E-state index contributed by atoms with van der Waals surface area (Å²) in [5.74, 6) is -0.393. The summed E-state index contributed by atoms with van der Waals surface area (Å²) in [6.45, 7) is 2.31. The van der Waals surface area contributed by atoms with Crippen LogP contribution < -0.4 is 5.56 Å². The zero-order valence-corrected chi connectivity index (χ0v) is 11.5. The van der Waals surface area contributed by atoms with Gasteiger partial charge in [0.1, 0.15) is 11.6 Å². The summed E-state index contributed by atoms with van der Waals surface area (Å²) in [7, 11) is 0. The van der Waals surface area contributed by atoms with Gasteiger partial charge in [-0.3, -0.25) is 9.59 Å². The van der Waals surface area contributed by atoms with Crippen molar-refractivity contribution in [3.8, 4) is 0 Å². The fraction of sp³-hybridized carbons (Fsp3) is 0.267. The first-order chi connectivity index (χ1) is 10.1. The van der Waals surface area contributed by atoms with E-state index in [0.29, 0.717) is 30.0 Å². The van der Waals surface area contributed by atoms with Gasteiger partial charge in [0.15, 0.2) is 0 Å². The Morgan fingerprint density at radius 2 is 2.14 bits per heavy atom. The van der Waals surface area contributed by atoms with Gasteiger partial charge in [0, 0.05) is 13.0 Å². The van der Waals surface area contributed by atoms with Gasteiger partial charge in [-0.05, 0) is 19.1 Å². The molecule has 1 aliphatic rings. The highest BCUT2D eigenvalue weighted by Crippen LogP contribution is 2.17. The Bertz CT molecular complexity index is 770. The van der Waals surface area contributed by atoms with Crippen LogP contribution in [-0.4, -0.2) is 27.3 Å². The van der Waals surface area contributed by atoms with E-state index in [1.165, 1.54) is 23.1 Å². The maximum atomic E-state index is 13.7. The number of nitrogens with zero attached hydrogens (tertiary/aromatic N) is 2. The second kappa shape index (κ2) is 5.12. The summed E-state index contributed by atoms with van der Waals surface area (Å²) < 4.78 is 13.7. The molecule has 2 aromatic rings. The smallest absolute Gasteiger partial charge is 0.257 e. The Kier molecular flexibility index (Phi) is 3.29. The molecule has 21 heavy (non-hydrogen) atoms. The molecule has 0 saturated carbocycles. The summed E-state index contributed by atoms with van der Waals surface area (Å²) >= 11 is 0. The second-order valence-electron chi connectivity index (χ2n) is 5.03. The molecule has 0 aliphatic carbocycles. The average molecular weight is 287 g/mol. The third kappa shape index (κ3) is 2.44. The van der Waals surface area contributed by atoms with Crippen LogP contribution in [0, 0.1) is 12.7 Å². The van der Waals surface area contributed by atoms with Crippen molar-refractivity contribution >= 4 is 5.91 Å². The van der Waals surface area contributed by atoms with Gasteiger partial charge in [-0.1, -0.05) is 12.1 Å². The number of nitrogens with one attached hydrogen (secondary N) is 1. The first kappa shape index (κ1) is 13.5. The van der Waals surface area contributed by atoms with Crippen molar-refractivity contribution in [1.29, 1.82) is 0 Å². The lowest BCUT2D eigenvalue weighted by Gasteiger charge is -2.27. The lowest BCUT2D eigenvalue weighted by atomic mass is 10.1. The third-order valence-corrected chi connectivity index (χ3v) is 3.58.